The molecule has 1 fully saturated rings. The zero-order chi connectivity index (χ0) is 13.7. The van der Waals surface area contributed by atoms with E-state index >= 15 is 0 Å². The van der Waals surface area contributed by atoms with E-state index in [-0.39, 0.29) is 5.56 Å². The quantitative estimate of drug-likeness (QED) is 0.896. The molecule has 1 heterocycles. The van der Waals surface area contributed by atoms with Crippen molar-refractivity contribution >= 4 is 11.8 Å². The molecule has 5 heteroatoms. The summed E-state index contributed by atoms with van der Waals surface area (Å²) < 4.78 is 28.6. The van der Waals surface area contributed by atoms with Gasteiger partial charge in [-0.1, -0.05) is 36.8 Å². The summed E-state index contributed by atoms with van der Waals surface area (Å²) in [6.07, 6.45) is 0.836. The first kappa shape index (κ1) is 14.8. The number of alkyl halides is 2. The second-order valence-electron chi connectivity index (χ2n) is 4.78. The van der Waals surface area contributed by atoms with Crippen molar-refractivity contribution < 1.29 is 13.9 Å². The average molecular weight is 287 g/mol. The molecule has 1 aromatic carbocycles. The molecule has 1 aromatic rings. The van der Waals surface area contributed by atoms with Crippen molar-refractivity contribution in [1.29, 1.82) is 0 Å². The molecule has 2 nitrogen and oxygen atoms in total. The molecular weight excluding hydrogens is 268 g/mol. The fourth-order valence-electron chi connectivity index (χ4n) is 2.23. The highest BCUT2D eigenvalue weighted by atomic mass is 32.2. The highest BCUT2D eigenvalue weighted by Gasteiger charge is 2.44. The number of aliphatic hydroxyl groups excluding tert-OH is 1. The van der Waals surface area contributed by atoms with Crippen molar-refractivity contribution in [1.82, 2.24) is 5.32 Å². The maximum absolute atomic E-state index is 14.3. The van der Waals surface area contributed by atoms with Gasteiger partial charge in [-0.2, -0.15) is 8.78 Å². The van der Waals surface area contributed by atoms with E-state index in [4.69, 9.17) is 0 Å². The van der Waals surface area contributed by atoms with Crippen LogP contribution in [-0.2, 0) is 5.92 Å². The second kappa shape index (κ2) is 6.68. The maximum Gasteiger partial charge on any atom is 0.299 e. The van der Waals surface area contributed by atoms with Crippen LogP contribution in [0.4, 0.5) is 8.78 Å². The van der Waals surface area contributed by atoms with Crippen molar-refractivity contribution in [2.24, 2.45) is 0 Å². The lowest BCUT2D eigenvalue weighted by atomic mass is 9.98. The predicted molar refractivity (Wildman–Crippen MR) is 74.4 cm³/mol. The van der Waals surface area contributed by atoms with Gasteiger partial charge in [0.05, 0.1) is 0 Å². The third kappa shape index (κ3) is 3.68. The summed E-state index contributed by atoms with van der Waals surface area (Å²) in [5.41, 5.74) is -0.113. The summed E-state index contributed by atoms with van der Waals surface area (Å²) in [4.78, 5) is 0. The van der Waals surface area contributed by atoms with Crippen LogP contribution in [0.1, 0.15) is 24.8 Å². The van der Waals surface area contributed by atoms with Gasteiger partial charge in [0.15, 0.2) is 0 Å². The van der Waals surface area contributed by atoms with Crippen LogP contribution in [0, 0.1) is 0 Å². The standard InChI is InChI=1S/C14H19F2NOS/c15-14(16,11-6-2-1-3-7-11)13(18)12-8-4-5-9-17-10-19-12/h1-3,6-7,12-13,17-18H,4-5,8-10H2. The second-order valence-corrected chi connectivity index (χ2v) is 6.01. The first-order valence-corrected chi connectivity index (χ1v) is 7.61. The molecule has 0 spiro atoms. The number of halogens is 2. The number of benzene rings is 1. The van der Waals surface area contributed by atoms with Crippen molar-refractivity contribution in [3.8, 4) is 0 Å². The monoisotopic (exact) mass is 287 g/mol. The maximum atomic E-state index is 14.3. The van der Waals surface area contributed by atoms with E-state index in [9.17, 15) is 13.9 Å². The third-order valence-electron chi connectivity index (χ3n) is 3.37. The summed E-state index contributed by atoms with van der Waals surface area (Å²) in [6.45, 7) is 0.922. The molecule has 106 valence electrons. The van der Waals surface area contributed by atoms with Crippen LogP contribution < -0.4 is 5.32 Å². The molecule has 2 atom stereocenters. The van der Waals surface area contributed by atoms with E-state index in [1.54, 1.807) is 18.2 Å². The lowest BCUT2D eigenvalue weighted by Gasteiger charge is -2.30. The average Bonchev–Trinajstić information content (AvgIpc) is 2.39. The first-order chi connectivity index (χ1) is 9.12. The SMILES string of the molecule is OC(C1CCCCNCS1)C(F)(F)c1ccccc1. The van der Waals surface area contributed by atoms with Gasteiger partial charge in [-0.3, -0.25) is 0 Å². The zero-order valence-electron chi connectivity index (χ0n) is 10.7. The van der Waals surface area contributed by atoms with E-state index in [1.165, 1.54) is 23.9 Å². The topological polar surface area (TPSA) is 32.3 Å². The summed E-state index contributed by atoms with van der Waals surface area (Å²) in [5.74, 6) is -2.58. The van der Waals surface area contributed by atoms with Crippen molar-refractivity contribution in [2.45, 2.75) is 36.5 Å². The molecule has 0 aliphatic carbocycles. The summed E-state index contributed by atoms with van der Waals surface area (Å²) in [7, 11) is 0. The summed E-state index contributed by atoms with van der Waals surface area (Å²) >= 11 is 1.39. The van der Waals surface area contributed by atoms with Crippen LogP contribution in [0.25, 0.3) is 0 Å². The minimum Gasteiger partial charge on any atom is -0.385 e. The Bertz CT molecular complexity index is 380. The molecule has 1 aliphatic rings. The van der Waals surface area contributed by atoms with Crippen LogP contribution in [-0.4, -0.2) is 28.9 Å². The molecule has 0 saturated carbocycles. The highest BCUT2D eigenvalue weighted by Crippen LogP contribution is 2.38. The Morgan fingerprint density at radius 3 is 2.74 bits per heavy atom. The van der Waals surface area contributed by atoms with Crippen LogP contribution in [0.5, 0.6) is 0 Å². The van der Waals surface area contributed by atoms with Gasteiger partial charge in [-0.15, -0.1) is 11.8 Å². The lowest BCUT2D eigenvalue weighted by Crippen LogP contribution is -2.40. The Kier molecular flexibility index (Phi) is 5.19. The fourth-order valence-corrected chi connectivity index (χ4v) is 3.39. The van der Waals surface area contributed by atoms with Gasteiger partial charge >= 0.3 is 0 Å². The summed E-state index contributed by atoms with van der Waals surface area (Å²) in [5, 5.41) is 12.8. The molecule has 0 amide bonds. The smallest absolute Gasteiger partial charge is 0.299 e. The fraction of sp³-hybridized carbons (Fsp3) is 0.571. The van der Waals surface area contributed by atoms with Crippen molar-refractivity contribution in [3.63, 3.8) is 0 Å². The number of aliphatic hydroxyl groups is 1. The molecular formula is C14H19F2NOS. The van der Waals surface area contributed by atoms with Gasteiger partial charge in [0.25, 0.3) is 5.92 Å². The normalized spacial score (nSPS) is 23.4. The Hall–Kier alpha value is -0.650. The Labute approximate surface area is 116 Å². The molecule has 0 radical (unpaired) electrons. The van der Waals surface area contributed by atoms with E-state index in [0.717, 1.165) is 19.4 Å². The third-order valence-corrected chi connectivity index (χ3v) is 4.67. The number of hydrogen-bond acceptors (Lipinski definition) is 3. The number of thioether (sulfide) groups is 1. The molecule has 0 aromatic heterocycles. The molecule has 2 rings (SSSR count). The molecule has 2 unspecified atom stereocenters. The van der Waals surface area contributed by atoms with Crippen LogP contribution in [0.15, 0.2) is 30.3 Å². The number of nitrogens with one attached hydrogen (secondary N) is 1. The Morgan fingerprint density at radius 2 is 2.00 bits per heavy atom. The molecule has 2 N–H and O–H groups in total. The van der Waals surface area contributed by atoms with Crippen LogP contribution >= 0.6 is 11.8 Å². The largest absolute Gasteiger partial charge is 0.385 e. The van der Waals surface area contributed by atoms with Gasteiger partial charge in [0, 0.05) is 16.7 Å². The van der Waals surface area contributed by atoms with Gasteiger partial charge < -0.3 is 10.4 Å². The van der Waals surface area contributed by atoms with E-state index in [0.29, 0.717) is 12.3 Å². The minimum atomic E-state index is -3.20. The highest BCUT2D eigenvalue weighted by molar-refractivity contribution is 7.99. The number of hydrogen-bond donors (Lipinski definition) is 2. The lowest BCUT2D eigenvalue weighted by molar-refractivity contribution is -0.115. The molecule has 0 bridgehead atoms. The number of rotatable bonds is 3. The Morgan fingerprint density at radius 1 is 1.26 bits per heavy atom. The molecule has 1 saturated heterocycles. The van der Waals surface area contributed by atoms with E-state index < -0.39 is 17.3 Å². The first-order valence-electron chi connectivity index (χ1n) is 6.56. The van der Waals surface area contributed by atoms with Gasteiger partial charge in [-0.25, -0.2) is 0 Å². The predicted octanol–water partition coefficient (Wildman–Crippen LogP) is 2.97. The van der Waals surface area contributed by atoms with Crippen LogP contribution in [0.3, 0.4) is 0 Å². The molecule has 1 aliphatic heterocycles. The Balaban J connectivity index is 2.10. The zero-order valence-corrected chi connectivity index (χ0v) is 11.5. The minimum absolute atomic E-state index is 0.113. The van der Waals surface area contributed by atoms with Gasteiger partial charge in [-0.05, 0) is 19.4 Å². The summed E-state index contributed by atoms with van der Waals surface area (Å²) in [6, 6.07) is 7.58. The van der Waals surface area contributed by atoms with Crippen LogP contribution in [0.2, 0.25) is 0 Å². The van der Waals surface area contributed by atoms with Crippen molar-refractivity contribution in [2.75, 3.05) is 12.4 Å². The van der Waals surface area contributed by atoms with E-state index in [1.807, 2.05) is 0 Å². The molecule has 19 heavy (non-hydrogen) atoms. The van der Waals surface area contributed by atoms with Gasteiger partial charge in [0.2, 0.25) is 0 Å². The van der Waals surface area contributed by atoms with Crippen molar-refractivity contribution in [3.05, 3.63) is 35.9 Å². The van der Waals surface area contributed by atoms with E-state index in [2.05, 4.69) is 5.32 Å². The van der Waals surface area contributed by atoms with Gasteiger partial charge in [0.1, 0.15) is 6.10 Å².